The molecule has 0 aliphatic heterocycles. The Hall–Kier alpha value is -2.78. The number of fused-ring (bicyclic) bond motifs is 1. The summed E-state index contributed by atoms with van der Waals surface area (Å²) in [5.74, 6) is -0.714. The molecule has 3 heterocycles. The van der Waals surface area contributed by atoms with Gasteiger partial charge in [0.1, 0.15) is 5.82 Å². The molecule has 0 saturated carbocycles. The van der Waals surface area contributed by atoms with Crippen molar-refractivity contribution in [2.75, 3.05) is 0 Å². The average molecular weight is 393 g/mol. The Bertz CT molecular complexity index is 1090. The maximum atomic E-state index is 13.0. The number of nitrogens with zero attached hydrogens (tertiary/aromatic N) is 4. The largest absolute Gasteiger partial charge is 0.448 e. The molecule has 1 aromatic carbocycles. The number of carbonyl (C=O) groups is 1. The molecule has 26 heavy (non-hydrogen) atoms. The Kier molecular flexibility index (Phi) is 4.17. The molecule has 10 heteroatoms. The molecule has 0 aliphatic rings. The van der Waals surface area contributed by atoms with Crippen molar-refractivity contribution in [1.82, 2.24) is 19.6 Å². The molecule has 0 bridgehead atoms. The number of halogens is 2. The molecule has 7 nitrogen and oxygen atoms in total. The average Bonchev–Trinajstić information content (AvgIpc) is 3.30. The molecule has 4 rings (SSSR count). The van der Waals surface area contributed by atoms with Gasteiger partial charge in [-0.1, -0.05) is 11.6 Å². The number of ether oxygens (including phenoxy) is 1. The summed E-state index contributed by atoms with van der Waals surface area (Å²) < 4.78 is 25.4. The predicted molar refractivity (Wildman–Crippen MR) is 91.6 cm³/mol. The van der Waals surface area contributed by atoms with Crippen molar-refractivity contribution in [1.29, 1.82) is 0 Å². The van der Waals surface area contributed by atoms with Gasteiger partial charge in [0.25, 0.3) is 5.89 Å². The zero-order valence-corrected chi connectivity index (χ0v) is 14.8. The number of imidazole rings is 1. The number of carbonyl (C=O) groups excluding carboxylic acids is 1. The topological polar surface area (TPSA) is 82.5 Å². The van der Waals surface area contributed by atoms with E-state index in [4.69, 9.17) is 20.8 Å². The van der Waals surface area contributed by atoms with Crippen LogP contribution in [0.25, 0.3) is 16.4 Å². The summed E-state index contributed by atoms with van der Waals surface area (Å²) in [6.07, 6.45) is 0.879. The number of thiazole rings is 1. The molecule has 0 radical (unpaired) electrons. The van der Waals surface area contributed by atoms with Gasteiger partial charge in [0.15, 0.2) is 21.9 Å². The summed E-state index contributed by atoms with van der Waals surface area (Å²) in [6.45, 7) is 1.60. The van der Waals surface area contributed by atoms with Crippen LogP contribution in [-0.2, 0) is 4.74 Å². The SMILES string of the molecule is C[C@H](OC(=O)c1c(Cl)nc2sccn12)c1nnc(-c2ccc(F)cc2)o1. The van der Waals surface area contributed by atoms with E-state index in [1.807, 2.05) is 0 Å². The van der Waals surface area contributed by atoms with Crippen LogP contribution in [0, 0.1) is 5.82 Å². The van der Waals surface area contributed by atoms with E-state index in [2.05, 4.69) is 15.2 Å². The molecule has 0 aliphatic carbocycles. The van der Waals surface area contributed by atoms with Gasteiger partial charge in [-0.25, -0.2) is 14.2 Å². The second-order valence-electron chi connectivity index (χ2n) is 5.31. The highest BCUT2D eigenvalue weighted by molar-refractivity contribution is 7.15. The molecule has 0 fully saturated rings. The molecule has 3 aromatic heterocycles. The number of benzene rings is 1. The standard InChI is InChI=1S/C16H10ClFN4O3S/c1-8(13-20-21-14(25-13)9-2-4-10(18)5-3-9)24-15(23)11-12(17)19-16-22(11)6-7-26-16/h2-8H,1H3/t8-/m0/s1. The van der Waals surface area contributed by atoms with Crippen molar-refractivity contribution in [3.8, 4) is 11.5 Å². The quantitative estimate of drug-likeness (QED) is 0.485. The van der Waals surface area contributed by atoms with Crippen LogP contribution in [0.3, 0.4) is 0 Å². The maximum absolute atomic E-state index is 13.0. The van der Waals surface area contributed by atoms with Crippen molar-refractivity contribution >= 4 is 33.9 Å². The molecule has 0 unspecified atom stereocenters. The summed E-state index contributed by atoms with van der Waals surface area (Å²) in [5, 5.41) is 9.62. The first-order valence-corrected chi connectivity index (χ1v) is 8.70. The van der Waals surface area contributed by atoms with E-state index in [9.17, 15) is 9.18 Å². The molecule has 1 atom stereocenters. The lowest BCUT2D eigenvalue weighted by molar-refractivity contribution is 0.0272. The normalized spacial score (nSPS) is 12.4. The zero-order valence-electron chi connectivity index (χ0n) is 13.2. The Morgan fingerprint density at radius 3 is 2.88 bits per heavy atom. The fourth-order valence-electron chi connectivity index (χ4n) is 2.32. The van der Waals surface area contributed by atoms with Gasteiger partial charge in [0, 0.05) is 17.1 Å². The fraction of sp³-hybridized carbons (Fsp3) is 0.125. The molecule has 0 amide bonds. The van der Waals surface area contributed by atoms with E-state index in [-0.39, 0.29) is 28.4 Å². The first-order chi connectivity index (χ1) is 12.5. The second-order valence-corrected chi connectivity index (χ2v) is 6.54. The highest BCUT2D eigenvalue weighted by Crippen LogP contribution is 2.26. The van der Waals surface area contributed by atoms with Crippen LogP contribution in [-0.4, -0.2) is 25.6 Å². The lowest BCUT2D eigenvalue weighted by Crippen LogP contribution is -2.12. The van der Waals surface area contributed by atoms with Gasteiger partial charge in [-0.3, -0.25) is 4.40 Å². The summed E-state index contributed by atoms with van der Waals surface area (Å²) in [5.41, 5.74) is 0.690. The van der Waals surface area contributed by atoms with Gasteiger partial charge >= 0.3 is 5.97 Å². The number of rotatable bonds is 4. The molecular weight excluding hydrogens is 383 g/mol. The lowest BCUT2D eigenvalue weighted by atomic mass is 10.2. The number of esters is 1. The van der Waals surface area contributed by atoms with E-state index in [0.29, 0.717) is 10.5 Å². The van der Waals surface area contributed by atoms with Gasteiger partial charge in [0.05, 0.1) is 0 Å². The van der Waals surface area contributed by atoms with Crippen molar-refractivity contribution < 1.29 is 18.3 Å². The van der Waals surface area contributed by atoms with Crippen molar-refractivity contribution in [3.63, 3.8) is 0 Å². The summed E-state index contributed by atoms with van der Waals surface area (Å²) in [6, 6.07) is 5.61. The predicted octanol–water partition coefficient (Wildman–Crippen LogP) is 4.16. The van der Waals surface area contributed by atoms with E-state index in [0.717, 1.165) is 0 Å². The van der Waals surface area contributed by atoms with Gasteiger partial charge in [-0.2, -0.15) is 0 Å². The van der Waals surface area contributed by atoms with Gasteiger partial charge < -0.3 is 9.15 Å². The Balaban J connectivity index is 1.54. The van der Waals surface area contributed by atoms with Gasteiger partial charge in [-0.05, 0) is 31.2 Å². The van der Waals surface area contributed by atoms with E-state index in [1.165, 1.54) is 35.6 Å². The molecule has 4 aromatic rings. The molecule has 0 spiro atoms. The van der Waals surface area contributed by atoms with Crippen LogP contribution in [0.2, 0.25) is 5.15 Å². The fourth-order valence-corrected chi connectivity index (χ4v) is 3.33. The Morgan fingerprint density at radius 1 is 1.35 bits per heavy atom. The van der Waals surface area contributed by atoms with Crippen molar-refractivity contribution in [2.24, 2.45) is 0 Å². The highest BCUT2D eigenvalue weighted by atomic mass is 35.5. The third-order valence-corrected chi connectivity index (χ3v) is 4.60. The third kappa shape index (κ3) is 2.95. The van der Waals surface area contributed by atoms with Gasteiger partial charge in [-0.15, -0.1) is 21.5 Å². The van der Waals surface area contributed by atoms with Crippen molar-refractivity contribution in [2.45, 2.75) is 13.0 Å². The highest BCUT2D eigenvalue weighted by Gasteiger charge is 2.25. The summed E-state index contributed by atoms with van der Waals surface area (Å²) in [4.78, 5) is 17.1. The van der Waals surface area contributed by atoms with E-state index >= 15 is 0 Å². The van der Waals surface area contributed by atoms with Crippen molar-refractivity contribution in [3.05, 3.63) is 58.4 Å². The molecule has 0 N–H and O–H groups in total. The first kappa shape index (κ1) is 16.7. The maximum Gasteiger partial charge on any atom is 0.359 e. The number of hydrogen-bond acceptors (Lipinski definition) is 7. The van der Waals surface area contributed by atoms with Gasteiger partial charge in [0.2, 0.25) is 5.89 Å². The smallest absolute Gasteiger partial charge is 0.359 e. The third-order valence-electron chi connectivity index (χ3n) is 3.58. The number of aromatic nitrogens is 4. The Labute approximate surface area is 155 Å². The van der Waals surface area contributed by atoms with E-state index in [1.54, 1.807) is 22.9 Å². The lowest BCUT2D eigenvalue weighted by Gasteiger charge is -2.08. The van der Waals surface area contributed by atoms with Crippen LogP contribution in [0.1, 0.15) is 29.4 Å². The Morgan fingerprint density at radius 2 is 2.12 bits per heavy atom. The van der Waals surface area contributed by atoms with Crippen LogP contribution >= 0.6 is 22.9 Å². The zero-order chi connectivity index (χ0) is 18.3. The molecule has 0 saturated heterocycles. The summed E-state index contributed by atoms with van der Waals surface area (Å²) >= 11 is 7.37. The van der Waals surface area contributed by atoms with Crippen LogP contribution in [0.5, 0.6) is 0 Å². The van der Waals surface area contributed by atoms with E-state index < -0.39 is 12.1 Å². The van der Waals surface area contributed by atoms with Crippen LogP contribution in [0.15, 0.2) is 40.3 Å². The monoisotopic (exact) mass is 392 g/mol. The molecule has 132 valence electrons. The molecular formula is C16H10ClFN4O3S. The van der Waals surface area contributed by atoms with Crippen LogP contribution in [0.4, 0.5) is 4.39 Å². The summed E-state index contributed by atoms with van der Waals surface area (Å²) in [7, 11) is 0. The second kappa shape index (κ2) is 6.50. The number of hydrogen-bond donors (Lipinski definition) is 0. The van der Waals surface area contributed by atoms with Crippen LogP contribution < -0.4 is 0 Å². The minimum atomic E-state index is -0.801. The minimum Gasteiger partial charge on any atom is -0.448 e. The minimum absolute atomic E-state index is 0.0616. The first-order valence-electron chi connectivity index (χ1n) is 7.44.